The first-order chi connectivity index (χ1) is 12.1. The Morgan fingerprint density at radius 3 is 2.76 bits per heavy atom. The van der Waals surface area contributed by atoms with Crippen molar-refractivity contribution in [3.05, 3.63) is 66.0 Å². The number of amides is 2. The number of aliphatic hydroxyl groups is 1. The second-order valence-corrected chi connectivity index (χ2v) is 6.15. The van der Waals surface area contributed by atoms with E-state index in [4.69, 9.17) is 4.74 Å². The van der Waals surface area contributed by atoms with Gasteiger partial charge in [-0.3, -0.25) is 9.78 Å². The number of carbonyl (C=O) groups excluding carboxylic acids is 2. The lowest BCUT2D eigenvalue weighted by atomic mass is 9.96. The maximum absolute atomic E-state index is 12.8. The summed E-state index contributed by atoms with van der Waals surface area (Å²) in [6.45, 7) is 1.76. The number of hydrogen-bond donors (Lipinski definition) is 1. The highest BCUT2D eigenvalue weighted by molar-refractivity contribution is 5.95. The van der Waals surface area contributed by atoms with Crippen LogP contribution in [0.4, 0.5) is 4.79 Å². The van der Waals surface area contributed by atoms with Crippen molar-refractivity contribution >= 4 is 12.0 Å². The van der Waals surface area contributed by atoms with E-state index in [0.29, 0.717) is 12.0 Å². The Labute approximate surface area is 146 Å². The number of pyridine rings is 1. The molecule has 0 spiro atoms. The second-order valence-electron chi connectivity index (χ2n) is 6.15. The molecule has 1 unspecified atom stereocenters. The lowest BCUT2D eigenvalue weighted by Gasteiger charge is -2.25. The number of hydrogen-bond acceptors (Lipinski definition) is 5. The highest BCUT2D eigenvalue weighted by Crippen LogP contribution is 2.26. The van der Waals surface area contributed by atoms with Crippen LogP contribution < -0.4 is 0 Å². The van der Waals surface area contributed by atoms with Crippen molar-refractivity contribution in [3.8, 4) is 0 Å². The van der Waals surface area contributed by atoms with E-state index in [9.17, 15) is 14.7 Å². The molecule has 1 aromatic heterocycles. The van der Waals surface area contributed by atoms with Crippen LogP contribution in [0.3, 0.4) is 0 Å². The molecule has 25 heavy (non-hydrogen) atoms. The lowest BCUT2D eigenvalue weighted by molar-refractivity contribution is -0.136. The largest absolute Gasteiger partial charge is 0.447 e. The molecular formula is C19H20N2O4. The van der Waals surface area contributed by atoms with E-state index in [1.807, 2.05) is 30.3 Å². The number of nitrogens with zero attached hydrogens (tertiary/aromatic N) is 2. The Bertz CT molecular complexity index is 736. The molecule has 130 valence electrons. The highest BCUT2D eigenvalue weighted by atomic mass is 16.6. The normalized spacial score (nSPS) is 19.4. The Hall–Kier alpha value is -2.73. The van der Waals surface area contributed by atoms with Crippen molar-refractivity contribution in [3.63, 3.8) is 0 Å². The summed E-state index contributed by atoms with van der Waals surface area (Å²) in [4.78, 5) is 30.0. The minimum atomic E-state index is -1.04. The van der Waals surface area contributed by atoms with Gasteiger partial charge in [0.15, 0.2) is 0 Å². The van der Waals surface area contributed by atoms with Crippen molar-refractivity contribution in [2.45, 2.75) is 25.5 Å². The number of ether oxygens (including phenoxy) is 1. The number of benzene rings is 1. The van der Waals surface area contributed by atoms with Crippen molar-refractivity contribution in [1.82, 2.24) is 9.88 Å². The third-order valence-electron chi connectivity index (χ3n) is 4.40. The monoisotopic (exact) mass is 340 g/mol. The summed E-state index contributed by atoms with van der Waals surface area (Å²) in [5.74, 6) is -1.23. The average molecular weight is 340 g/mol. The van der Waals surface area contributed by atoms with E-state index in [0.717, 1.165) is 10.5 Å². The number of rotatable bonds is 5. The van der Waals surface area contributed by atoms with Crippen molar-refractivity contribution in [1.29, 1.82) is 0 Å². The molecule has 0 radical (unpaired) electrons. The number of aliphatic hydroxyl groups excluding tert-OH is 1. The first-order valence-corrected chi connectivity index (χ1v) is 8.19. The molecule has 0 aliphatic carbocycles. The van der Waals surface area contributed by atoms with E-state index in [-0.39, 0.29) is 12.6 Å². The molecule has 6 nitrogen and oxygen atoms in total. The van der Waals surface area contributed by atoms with Crippen LogP contribution in [0.2, 0.25) is 0 Å². The molecule has 2 heterocycles. The first kappa shape index (κ1) is 17.1. The van der Waals surface area contributed by atoms with Crippen LogP contribution in [0.25, 0.3) is 0 Å². The van der Waals surface area contributed by atoms with Gasteiger partial charge >= 0.3 is 6.09 Å². The van der Waals surface area contributed by atoms with Gasteiger partial charge in [-0.05, 0) is 23.6 Å². The highest BCUT2D eigenvalue weighted by Gasteiger charge is 2.41. The summed E-state index contributed by atoms with van der Waals surface area (Å²) < 4.78 is 5.08. The molecule has 2 aromatic rings. The maximum atomic E-state index is 12.8. The third kappa shape index (κ3) is 3.69. The van der Waals surface area contributed by atoms with Gasteiger partial charge < -0.3 is 9.84 Å². The predicted molar refractivity (Wildman–Crippen MR) is 90.5 cm³/mol. The number of imide groups is 1. The fourth-order valence-electron chi connectivity index (χ4n) is 2.96. The lowest BCUT2D eigenvalue weighted by Crippen LogP contribution is -2.44. The van der Waals surface area contributed by atoms with E-state index in [1.54, 1.807) is 25.3 Å². The first-order valence-electron chi connectivity index (χ1n) is 8.19. The van der Waals surface area contributed by atoms with Gasteiger partial charge in [0.25, 0.3) is 0 Å². The van der Waals surface area contributed by atoms with Gasteiger partial charge in [0.1, 0.15) is 6.61 Å². The Morgan fingerprint density at radius 1 is 1.32 bits per heavy atom. The molecule has 6 heteroatoms. The fraction of sp³-hybridized carbons (Fsp3) is 0.316. The molecular weight excluding hydrogens is 320 g/mol. The van der Waals surface area contributed by atoms with Crippen LogP contribution in [0.1, 0.15) is 24.2 Å². The molecule has 1 saturated heterocycles. The number of carbonyl (C=O) groups is 2. The van der Waals surface area contributed by atoms with E-state index in [2.05, 4.69) is 4.98 Å². The SMILES string of the molecule is C[C@H](C(=O)N1C(=O)OCC1Cc1ccccc1)[C@@H](O)c1cccnc1. The van der Waals surface area contributed by atoms with Gasteiger partial charge in [-0.15, -0.1) is 0 Å². The zero-order valence-corrected chi connectivity index (χ0v) is 13.9. The van der Waals surface area contributed by atoms with Crippen LogP contribution in [0, 0.1) is 5.92 Å². The van der Waals surface area contributed by atoms with Crippen molar-refractivity contribution in [2.24, 2.45) is 5.92 Å². The molecule has 0 bridgehead atoms. The Morgan fingerprint density at radius 2 is 2.08 bits per heavy atom. The summed E-state index contributed by atoms with van der Waals surface area (Å²) in [7, 11) is 0. The summed E-state index contributed by atoms with van der Waals surface area (Å²) in [5.41, 5.74) is 1.56. The minimum absolute atomic E-state index is 0.162. The van der Waals surface area contributed by atoms with Crippen LogP contribution in [0.5, 0.6) is 0 Å². The zero-order chi connectivity index (χ0) is 17.8. The molecule has 1 aliphatic rings. The molecule has 1 fully saturated rings. The summed E-state index contributed by atoms with van der Waals surface area (Å²) >= 11 is 0. The van der Waals surface area contributed by atoms with Crippen LogP contribution in [-0.2, 0) is 16.0 Å². The molecule has 1 aliphatic heterocycles. The van der Waals surface area contributed by atoms with Crippen LogP contribution >= 0.6 is 0 Å². The number of aromatic nitrogens is 1. The summed E-state index contributed by atoms with van der Waals surface area (Å²) in [6, 6.07) is 12.6. The molecule has 1 aromatic carbocycles. The standard InChI is InChI=1S/C19H20N2O4/c1-13(17(22)15-8-5-9-20-11-15)18(23)21-16(12-25-19(21)24)10-14-6-3-2-4-7-14/h2-9,11,13,16-17,22H,10,12H2,1H3/t13-,16?,17+/m0/s1. The maximum Gasteiger partial charge on any atom is 0.416 e. The minimum Gasteiger partial charge on any atom is -0.447 e. The topological polar surface area (TPSA) is 79.7 Å². The van der Waals surface area contributed by atoms with Crippen molar-refractivity contribution in [2.75, 3.05) is 6.61 Å². The Balaban J connectivity index is 1.75. The average Bonchev–Trinajstić information content (AvgIpc) is 3.01. The van der Waals surface area contributed by atoms with Gasteiger partial charge in [0.2, 0.25) is 5.91 Å². The van der Waals surface area contributed by atoms with Crippen LogP contribution in [0.15, 0.2) is 54.9 Å². The van der Waals surface area contributed by atoms with Gasteiger partial charge in [-0.25, -0.2) is 9.69 Å². The van der Waals surface area contributed by atoms with E-state index in [1.165, 1.54) is 6.20 Å². The number of cyclic esters (lactones) is 1. The second kappa shape index (κ2) is 7.44. The molecule has 3 rings (SSSR count). The third-order valence-corrected chi connectivity index (χ3v) is 4.40. The van der Waals surface area contributed by atoms with Crippen LogP contribution in [-0.4, -0.2) is 39.6 Å². The smallest absolute Gasteiger partial charge is 0.416 e. The quantitative estimate of drug-likeness (QED) is 0.904. The van der Waals surface area contributed by atoms with Gasteiger partial charge in [-0.2, -0.15) is 0 Å². The molecule has 1 N–H and O–H groups in total. The van der Waals surface area contributed by atoms with Gasteiger partial charge in [0, 0.05) is 12.4 Å². The molecule has 2 amide bonds. The molecule has 0 saturated carbocycles. The van der Waals surface area contributed by atoms with Crippen molar-refractivity contribution < 1.29 is 19.4 Å². The zero-order valence-electron chi connectivity index (χ0n) is 13.9. The van der Waals surface area contributed by atoms with E-state index >= 15 is 0 Å². The Kier molecular flexibility index (Phi) is 5.09. The summed E-state index contributed by atoms with van der Waals surface area (Å²) in [5, 5.41) is 10.4. The van der Waals surface area contributed by atoms with E-state index < -0.39 is 24.0 Å². The van der Waals surface area contributed by atoms with Gasteiger partial charge in [0.05, 0.1) is 18.1 Å². The predicted octanol–water partition coefficient (Wildman–Crippen LogP) is 2.34. The van der Waals surface area contributed by atoms with Gasteiger partial charge in [-0.1, -0.05) is 43.3 Å². The molecule has 3 atom stereocenters. The summed E-state index contributed by atoms with van der Waals surface area (Å²) in [6.07, 6.45) is 1.94. The fourth-order valence-corrected chi connectivity index (χ4v) is 2.96.